The van der Waals surface area contributed by atoms with Gasteiger partial charge in [0.2, 0.25) is 5.91 Å². The molecule has 2 saturated heterocycles. The van der Waals surface area contributed by atoms with Gasteiger partial charge in [0.1, 0.15) is 28.4 Å². The van der Waals surface area contributed by atoms with Gasteiger partial charge in [0.15, 0.2) is 0 Å². The number of rotatable bonds is 4. The van der Waals surface area contributed by atoms with Gasteiger partial charge >= 0.3 is 40.0 Å². The maximum Gasteiger partial charge on any atom is 1.00 e. The van der Waals surface area contributed by atoms with Gasteiger partial charge in [-0.05, 0) is 32.9 Å². The summed E-state index contributed by atoms with van der Waals surface area (Å²) in [6.07, 6.45) is 0. The number of fused-ring (bicyclic) bond motifs is 1. The number of carboxylic acids is 1. The van der Waals surface area contributed by atoms with Crippen molar-refractivity contribution in [1.82, 2.24) is 15.4 Å². The van der Waals surface area contributed by atoms with Crippen molar-refractivity contribution in [2.24, 2.45) is 0 Å². The quantitative estimate of drug-likeness (QED) is 0.207. The van der Waals surface area contributed by atoms with Crippen LogP contribution in [0.2, 0.25) is 10.0 Å². The van der Waals surface area contributed by atoms with Crippen LogP contribution in [-0.4, -0.2) is 67.6 Å². The van der Waals surface area contributed by atoms with E-state index >= 15 is 0 Å². The molecule has 1 aromatic carbocycles. The molecule has 0 unspecified atom stereocenters. The number of benzene rings is 1. The third kappa shape index (κ3) is 6.19. The number of carbonyl (C=O) groups is 3. The number of aliphatic carboxylic acids is 1. The number of thioether (sulfide) groups is 1. The van der Waals surface area contributed by atoms with Crippen molar-refractivity contribution in [2.45, 2.75) is 43.0 Å². The van der Waals surface area contributed by atoms with Crippen LogP contribution < -0.4 is 40.0 Å². The Balaban J connectivity index is 0.000000694. The zero-order valence-electron chi connectivity index (χ0n) is 19.2. The Morgan fingerprint density at radius 2 is 1.78 bits per heavy atom. The van der Waals surface area contributed by atoms with Crippen molar-refractivity contribution in [3.8, 4) is 11.3 Å². The van der Waals surface area contributed by atoms with Gasteiger partial charge in [-0.3, -0.25) is 18.7 Å². The van der Waals surface area contributed by atoms with Crippen LogP contribution in [0.4, 0.5) is 0 Å². The number of halogens is 2. The maximum absolute atomic E-state index is 13.1. The average Bonchev–Trinajstić information content (AvgIpc) is 3.19. The molecule has 3 N–H and O–H groups in total. The summed E-state index contributed by atoms with van der Waals surface area (Å²) in [5, 5.41) is 18.2. The van der Waals surface area contributed by atoms with Gasteiger partial charge in [0.05, 0.1) is 22.1 Å². The van der Waals surface area contributed by atoms with E-state index < -0.39 is 50.4 Å². The second-order valence-electron chi connectivity index (χ2n) is 8.04. The Morgan fingerprint density at radius 3 is 2.28 bits per heavy atom. The summed E-state index contributed by atoms with van der Waals surface area (Å²) in [4.78, 5) is 38.5. The predicted octanol–water partition coefficient (Wildman–Crippen LogP) is -1.78. The second kappa shape index (κ2) is 11.2. The van der Waals surface area contributed by atoms with Crippen molar-refractivity contribution in [1.29, 1.82) is 0 Å². The molecular weight excluding hydrogens is 572 g/mol. The van der Waals surface area contributed by atoms with Crippen molar-refractivity contribution in [3.63, 3.8) is 0 Å². The van der Waals surface area contributed by atoms with Gasteiger partial charge in [-0.1, -0.05) is 34.4 Å². The molecule has 0 saturated carbocycles. The fraction of sp³-hybridized carbons (Fsp3) is 0.368. The Bertz CT molecular complexity index is 1290. The number of nitrogens with zero attached hydrogens (tertiary/aromatic N) is 2. The molecule has 2 aliphatic heterocycles. The monoisotopic (exact) mass is 589 g/mol. The Morgan fingerprint density at radius 1 is 1.25 bits per heavy atom. The number of aromatic nitrogens is 1. The molecule has 0 aliphatic carbocycles. The third-order valence-corrected chi connectivity index (χ3v) is 7.44. The largest absolute Gasteiger partial charge is 1.00 e. The van der Waals surface area contributed by atoms with E-state index in [0.29, 0.717) is 15.6 Å². The van der Waals surface area contributed by atoms with E-state index in [4.69, 9.17) is 45.2 Å². The first kappa shape index (κ1) is 30.9. The summed E-state index contributed by atoms with van der Waals surface area (Å²) in [6, 6.07) is 2.94. The number of aryl methyl sites for hydroxylation is 1. The zero-order valence-corrected chi connectivity index (χ0v) is 24.3. The molecule has 2 aliphatic rings. The first-order valence-corrected chi connectivity index (χ1v) is 12.7. The van der Waals surface area contributed by atoms with Crippen molar-refractivity contribution in [3.05, 3.63) is 39.6 Å². The molecule has 3 atom stereocenters. The Labute approximate surface area is 241 Å². The summed E-state index contributed by atoms with van der Waals surface area (Å²) < 4.78 is 36.0. The van der Waals surface area contributed by atoms with Gasteiger partial charge in [0.25, 0.3) is 5.91 Å². The normalized spacial score (nSPS) is 21.9. The van der Waals surface area contributed by atoms with E-state index in [-0.39, 0.29) is 46.6 Å². The molecule has 2 amide bonds. The molecule has 1 aromatic heterocycles. The predicted molar refractivity (Wildman–Crippen MR) is 123 cm³/mol. The summed E-state index contributed by atoms with van der Waals surface area (Å²) in [7, 11) is -4.67. The minimum absolute atomic E-state index is 0. The fourth-order valence-corrected chi connectivity index (χ4v) is 6.07. The SMILES string of the molecule is Cc1onc(-c2c(Cl)cccc2Cl)c1C(=O)N[C@@H]1C(=O)N2[C@@H]1SC(C)(C)[C@@H]2C(=O)[O-].O=S(=O)(O)O.[Na+]. The molecule has 0 bridgehead atoms. The van der Waals surface area contributed by atoms with Crippen LogP contribution in [0.5, 0.6) is 0 Å². The number of carboxylic acid groups (broad SMARTS) is 1. The van der Waals surface area contributed by atoms with Crippen molar-refractivity contribution in [2.75, 3.05) is 0 Å². The van der Waals surface area contributed by atoms with Gasteiger partial charge < -0.3 is 24.6 Å². The van der Waals surface area contributed by atoms with E-state index in [9.17, 15) is 19.5 Å². The van der Waals surface area contributed by atoms with Gasteiger partial charge in [0, 0.05) is 10.3 Å². The number of hydrogen-bond acceptors (Lipinski definition) is 9. The van der Waals surface area contributed by atoms with Crippen LogP contribution in [0.25, 0.3) is 11.3 Å². The van der Waals surface area contributed by atoms with E-state index in [0.717, 1.165) is 0 Å². The molecule has 4 rings (SSSR count). The molecule has 12 nitrogen and oxygen atoms in total. The summed E-state index contributed by atoms with van der Waals surface area (Å²) in [5.74, 6) is -2.16. The van der Waals surface area contributed by atoms with Crippen LogP contribution in [0.1, 0.15) is 30.0 Å². The van der Waals surface area contributed by atoms with Gasteiger partial charge in [-0.15, -0.1) is 11.8 Å². The van der Waals surface area contributed by atoms with E-state index in [1.54, 1.807) is 39.0 Å². The molecule has 2 fully saturated rings. The van der Waals surface area contributed by atoms with Crippen LogP contribution in [0.3, 0.4) is 0 Å². The molecule has 36 heavy (non-hydrogen) atoms. The van der Waals surface area contributed by atoms with Gasteiger partial charge in [-0.25, -0.2) is 0 Å². The third-order valence-electron chi connectivity index (χ3n) is 5.24. The fourth-order valence-electron chi connectivity index (χ4n) is 3.87. The number of β-lactam (4-membered cyclic amide) rings is 1. The minimum atomic E-state index is -4.67. The summed E-state index contributed by atoms with van der Waals surface area (Å²) in [6.45, 7) is 5.01. The number of hydrogen-bond donors (Lipinski definition) is 3. The molecular formula is C19H18Cl2N3NaO9S2. The van der Waals surface area contributed by atoms with E-state index in [1.807, 2.05) is 0 Å². The summed E-state index contributed by atoms with van der Waals surface area (Å²) >= 11 is 13.8. The molecule has 2 aromatic rings. The summed E-state index contributed by atoms with van der Waals surface area (Å²) in [5.41, 5.74) is 0.615. The van der Waals surface area contributed by atoms with Crippen LogP contribution >= 0.6 is 35.0 Å². The number of amides is 2. The Kier molecular flexibility index (Phi) is 9.58. The molecule has 0 radical (unpaired) electrons. The minimum Gasteiger partial charge on any atom is -0.548 e. The van der Waals surface area contributed by atoms with Crippen LogP contribution in [0, 0.1) is 6.92 Å². The molecule has 17 heteroatoms. The van der Waals surface area contributed by atoms with Crippen molar-refractivity contribution < 1.29 is 71.1 Å². The zero-order chi connectivity index (χ0) is 26.5. The molecule has 190 valence electrons. The van der Waals surface area contributed by atoms with Crippen LogP contribution in [0.15, 0.2) is 22.7 Å². The molecule has 3 heterocycles. The smallest absolute Gasteiger partial charge is 0.548 e. The topological polar surface area (TPSA) is 190 Å². The maximum atomic E-state index is 13.1. The van der Waals surface area contributed by atoms with Crippen LogP contribution in [-0.2, 0) is 20.0 Å². The standard InChI is InChI=1S/C19H17Cl2N3O5S.Na.H2O4S/c1-7-10(12(23-29-7)11-8(20)5-4-6-9(11)21)15(25)22-13-16(26)24-14(18(27)28)19(2,3)30-17(13)24;;1-5(2,3)4/h4-6,13-14,17H,1-3H3,(H,22,25)(H,27,28);;(H2,1,2,3,4)/q;+1;/p-1/t13-,14+,17-;;/m1../s1. The van der Waals surface area contributed by atoms with Crippen molar-refractivity contribution >= 4 is 63.1 Å². The molecule has 0 spiro atoms. The van der Waals surface area contributed by atoms with E-state index in [1.165, 1.54) is 16.7 Å². The first-order valence-electron chi connectivity index (χ1n) is 9.67. The Hall–Kier alpha value is -1.36. The van der Waals surface area contributed by atoms with Gasteiger partial charge in [-0.2, -0.15) is 8.42 Å². The second-order valence-corrected chi connectivity index (χ2v) is 11.5. The first-order chi connectivity index (χ1) is 16.0. The average molecular weight is 590 g/mol. The van der Waals surface area contributed by atoms with E-state index in [2.05, 4.69) is 10.5 Å². The number of nitrogens with one attached hydrogen (secondary N) is 1. The number of carbonyl (C=O) groups excluding carboxylic acids is 3.